The number of anilines is 3. The first-order chi connectivity index (χ1) is 26.3. The average Bonchev–Trinajstić information content (AvgIpc) is 3.97. The van der Waals surface area contributed by atoms with E-state index in [2.05, 4.69) is 163 Å². The molecule has 53 heavy (non-hydrogen) atoms. The zero-order valence-corrected chi connectivity index (χ0v) is 30.7. The quantitative estimate of drug-likeness (QED) is 0.161. The lowest BCUT2D eigenvalue weighted by molar-refractivity contribution is 1.33. The van der Waals surface area contributed by atoms with Crippen LogP contribution in [0.15, 0.2) is 158 Å². The van der Waals surface area contributed by atoms with E-state index in [9.17, 15) is 0 Å². The van der Waals surface area contributed by atoms with E-state index in [1.807, 2.05) is 34.0 Å². The predicted molar refractivity (Wildman–Crippen MR) is 235 cm³/mol. The van der Waals surface area contributed by atoms with Crippen molar-refractivity contribution < 1.29 is 0 Å². The molecule has 13 rings (SSSR count). The normalized spacial score (nSPS) is 13.2. The summed E-state index contributed by atoms with van der Waals surface area (Å²) in [6, 6.07) is 59.6. The van der Waals surface area contributed by atoms with Crippen molar-refractivity contribution in [3.05, 3.63) is 158 Å². The molecule has 0 saturated carbocycles. The minimum Gasteiger partial charge on any atom is -0.309 e. The second-order valence-corrected chi connectivity index (χ2v) is 17.5. The van der Waals surface area contributed by atoms with Crippen molar-refractivity contribution in [3.8, 4) is 22.3 Å². The Kier molecular flexibility index (Phi) is 5.69. The topological polar surface area (TPSA) is 3.24 Å². The van der Waals surface area contributed by atoms with Gasteiger partial charge in [-0.2, -0.15) is 0 Å². The molecule has 0 unspecified atom stereocenters. The molecule has 0 amide bonds. The van der Waals surface area contributed by atoms with E-state index in [1.54, 1.807) is 0 Å². The van der Waals surface area contributed by atoms with Crippen LogP contribution >= 0.6 is 34.0 Å². The predicted octanol–water partition coefficient (Wildman–Crippen LogP) is 12.7. The number of nitrogens with zero attached hydrogens (tertiary/aromatic N) is 1. The van der Waals surface area contributed by atoms with Gasteiger partial charge in [0.05, 0.1) is 20.8 Å². The molecule has 0 N–H and O–H groups in total. The van der Waals surface area contributed by atoms with E-state index in [-0.39, 0.29) is 6.71 Å². The van der Waals surface area contributed by atoms with E-state index in [4.69, 9.17) is 0 Å². The molecule has 0 bridgehead atoms. The highest BCUT2D eigenvalue weighted by molar-refractivity contribution is 7.27. The smallest absolute Gasteiger partial charge is 0.248 e. The van der Waals surface area contributed by atoms with E-state index >= 15 is 0 Å². The molecule has 0 saturated heterocycles. The first-order valence-corrected chi connectivity index (χ1v) is 20.6. The second kappa shape index (κ2) is 10.5. The maximum Gasteiger partial charge on any atom is 0.248 e. The molecule has 0 atom stereocenters. The van der Waals surface area contributed by atoms with Crippen LogP contribution in [0.4, 0.5) is 17.1 Å². The van der Waals surface area contributed by atoms with Gasteiger partial charge in [0, 0.05) is 56.8 Å². The molecule has 8 aromatic carbocycles. The maximum atomic E-state index is 2.66. The summed E-state index contributed by atoms with van der Waals surface area (Å²) < 4.78 is 8.02. The van der Waals surface area contributed by atoms with Crippen molar-refractivity contribution in [1.29, 1.82) is 0 Å². The highest BCUT2D eigenvalue weighted by Gasteiger charge is 2.44. The highest BCUT2D eigenvalue weighted by Crippen LogP contribution is 2.51. The number of rotatable bonds is 2. The molecule has 1 nitrogen and oxygen atoms in total. The fraction of sp³-hybridized carbons (Fsp3) is 0. The van der Waals surface area contributed by atoms with Crippen molar-refractivity contribution >= 4 is 135 Å². The summed E-state index contributed by atoms with van der Waals surface area (Å²) in [6.07, 6.45) is 0. The van der Waals surface area contributed by atoms with Gasteiger partial charge in [-0.05, 0) is 81.7 Å². The van der Waals surface area contributed by atoms with Crippen LogP contribution in [0.3, 0.4) is 0 Å². The molecule has 11 aromatic rings. The highest BCUT2D eigenvalue weighted by atomic mass is 32.1. The third-order valence-corrected chi connectivity index (χ3v) is 15.2. The van der Waals surface area contributed by atoms with Crippen LogP contribution in [0, 0.1) is 0 Å². The lowest BCUT2D eigenvalue weighted by atomic mass is 9.37. The SMILES string of the molecule is c1ccc2c(c1)B1c3ccc4c(sc5ccccc54)c3N(c3cccc4c3sc3ccccc34)c3cc(-c4ccc5sc6ccccc6c5c4)cc-2c31. The fourth-order valence-electron chi connectivity index (χ4n) is 9.43. The van der Waals surface area contributed by atoms with Crippen LogP contribution < -0.4 is 21.3 Å². The molecule has 0 spiro atoms. The summed E-state index contributed by atoms with van der Waals surface area (Å²) in [6.45, 7) is 0.163. The molecule has 2 aliphatic rings. The standard InChI is InChI=1S/C48H26BNS3/c1-5-15-37-29(10-1)36-25-28(27-20-23-44-35(24-27)32-13-4-6-17-41(32)51-44)26-40-45(36)49(37)38-22-21-34-31-12-3-8-19-43(31)53-48(34)46(38)50(40)39-16-9-14-33-30-11-2-7-18-42(30)52-47(33)39/h1-26H. The van der Waals surface area contributed by atoms with Crippen LogP contribution in [0.5, 0.6) is 0 Å². The van der Waals surface area contributed by atoms with E-state index in [1.165, 1.54) is 116 Å². The van der Waals surface area contributed by atoms with Gasteiger partial charge in [0.2, 0.25) is 6.71 Å². The van der Waals surface area contributed by atoms with Gasteiger partial charge < -0.3 is 4.90 Å². The molecule has 3 aromatic heterocycles. The zero-order valence-electron chi connectivity index (χ0n) is 28.3. The summed E-state index contributed by atoms with van der Waals surface area (Å²) in [5, 5.41) is 7.98. The van der Waals surface area contributed by atoms with Gasteiger partial charge >= 0.3 is 0 Å². The molecule has 5 heterocycles. The lowest BCUT2D eigenvalue weighted by Gasteiger charge is -2.37. The van der Waals surface area contributed by atoms with Crippen molar-refractivity contribution in [1.82, 2.24) is 0 Å². The number of benzene rings is 8. The summed E-state index contributed by atoms with van der Waals surface area (Å²) in [7, 11) is 0. The summed E-state index contributed by atoms with van der Waals surface area (Å²) >= 11 is 5.74. The molecule has 0 aliphatic carbocycles. The Morgan fingerprint density at radius 2 is 1.02 bits per heavy atom. The molecule has 0 radical (unpaired) electrons. The first kappa shape index (κ1) is 28.8. The van der Waals surface area contributed by atoms with Crippen LogP contribution in [-0.2, 0) is 0 Å². The zero-order chi connectivity index (χ0) is 34.4. The summed E-state index contributed by atoms with van der Waals surface area (Å²) in [5.74, 6) is 0. The monoisotopic (exact) mass is 723 g/mol. The van der Waals surface area contributed by atoms with Gasteiger partial charge in [0.15, 0.2) is 0 Å². The molecule has 244 valence electrons. The average molecular weight is 724 g/mol. The third kappa shape index (κ3) is 3.81. The summed E-state index contributed by atoms with van der Waals surface area (Å²) in [4.78, 5) is 2.66. The second-order valence-electron chi connectivity index (χ2n) is 14.4. The van der Waals surface area contributed by atoms with Crippen molar-refractivity contribution in [2.24, 2.45) is 0 Å². The minimum atomic E-state index is 0.163. The Morgan fingerprint density at radius 1 is 0.377 bits per heavy atom. The van der Waals surface area contributed by atoms with Crippen LogP contribution in [-0.4, -0.2) is 6.71 Å². The Balaban J connectivity index is 1.18. The lowest BCUT2D eigenvalue weighted by Crippen LogP contribution is -2.54. The third-order valence-electron chi connectivity index (χ3n) is 11.7. The van der Waals surface area contributed by atoms with Crippen LogP contribution in [0.25, 0.3) is 82.8 Å². The Hall–Kier alpha value is -5.72. The van der Waals surface area contributed by atoms with Crippen molar-refractivity contribution in [2.45, 2.75) is 0 Å². The van der Waals surface area contributed by atoms with Gasteiger partial charge in [-0.3, -0.25) is 0 Å². The first-order valence-electron chi connectivity index (χ1n) is 18.1. The van der Waals surface area contributed by atoms with Crippen LogP contribution in [0.2, 0.25) is 0 Å². The molecule has 5 heteroatoms. The van der Waals surface area contributed by atoms with Crippen molar-refractivity contribution in [2.75, 3.05) is 4.90 Å². The van der Waals surface area contributed by atoms with Gasteiger partial charge in [-0.25, -0.2) is 0 Å². The minimum absolute atomic E-state index is 0.163. The number of fused-ring (bicyclic) bond motifs is 15. The fourth-order valence-corrected chi connectivity index (χ4v) is 13.0. The van der Waals surface area contributed by atoms with Crippen molar-refractivity contribution in [3.63, 3.8) is 0 Å². The largest absolute Gasteiger partial charge is 0.309 e. The number of hydrogen-bond donors (Lipinski definition) is 0. The molecule has 0 fully saturated rings. The Morgan fingerprint density at radius 3 is 1.83 bits per heavy atom. The van der Waals surface area contributed by atoms with Gasteiger partial charge in [0.1, 0.15) is 0 Å². The van der Waals surface area contributed by atoms with Crippen LogP contribution in [0.1, 0.15) is 0 Å². The van der Waals surface area contributed by atoms with E-state index < -0.39 is 0 Å². The molecular formula is C48H26BNS3. The van der Waals surface area contributed by atoms with Gasteiger partial charge in [-0.1, -0.05) is 115 Å². The van der Waals surface area contributed by atoms with E-state index in [0.29, 0.717) is 0 Å². The number of thiophene rings is 3. The number of hydrogen-bond acceptors (Lipinski definition) is 4. The molecular weight excluding hydrogens is 698 g/mol. The Bertz CT molecular complexity index is 3380. The van der Waals surface area contributed by atoms with E-state index in [0.717, 1.165) is 0 Å². The summed E-state index contributed by atoms with van der Waals surface area (Å²) in [5.41, 5.74) is 13.3. The molecule has 2 aliphatic heterocycles. The maximum absolute atomic E-state index is 2.66. The van der Waals surface area contributed by atoms with Gasteiger partial charge in [-0.15, -0.1) is 34.0 Å². The van der Waals surface area contributed by atoms with Gasteiger partial charge in [0.25, 0.3) is 0 Å². The Labute approximate surface area is 317 Å².